The maximum absolute atomic E-state index is 13.0. The van der Waals surface area contributed by atoms with Crippen LogP contribution in [-0.2, 0) is 14.8 Å². The molecular weight excluding hydrogens is 412 g/mol. The molecule has 0 unspecified atom stereocenters. The summed E-state index contributed by atoms with van der Waals surface area (Å²) in [6, 6.07) is 0. The highest BCUT2D eigenvalue weighted by Crippen LogP contribution is 2.33. The number of ether oxygens (including phenoxy) is 1. The lowest BCUT2D eigenvalue weighted by Gasteiger charge is -2.31. The molecular formula is C15H19ClN6O3S2. The predicted octanol–water partition coefficient (Wildman–Crippen LogP) is 1.80. The number of rotatable bonds is 3. The Kier molecular flexibility index (Phi) is 4.87. The molecule has 0 bridgehead atoms. The quantitative estimate of drug-likeness (QED) is 0.591. The van der Waals surface area contributed by atoms with Gasteiger partial charge in [0.25, 0.3) is 10.0 Å². The predicted molar refractivity (Wildman–Crippen MR) is 104 cm³/mol. The van der Waals surface area contributed by atoms with Gasteiger partial charge in [-0.3, -0.25) is 9.39 Å². The van der Waals surface area contributed by atoms with Gasteiger partial charge in [-0.2, -0.15) is 13.5 Å². The summed E-state index contributed by atoms with van der Waals surface area (Å²) in [5.74, 6) is 0.179. The van der Waals surface area contributed by atoms with Crippen molar-refractivity contribution in [3.05, 3.63) is 16.7 Å². The van der Waals surface area contributed by atoms with Gasteiger partial charge in [0, 0.05) is 43.0 Å². The van der Waals surface area contributed by atoms with Gasteiger partial charge in [0.05, 0.1) is 6.54 Å². The Morgan fingerprint density at radius 2 is 2.26 bits per heavy atom. The van der Waals surface area contributed by atoms with Crippen molar-refractivity contribution in [3.8, 4) is 0 Å². The molecule has 0 aromatic carbocycles. The van der Waals surface area contributed by atoms with Crippen LogP contribution < -0.4 is 4.72 Å². The van der Waals surface area contributed by atoms with E-state index in [0.717, 1.165) is 12.8 Å². The Morgan fingerprint density at radius 3 is 3.00 bits per heavy atom. The van der Waals surface area contributed by atoms with E-state index in [2.05, 4.69) is 19.8 Å². The molecule has 1 spiro atoms. The number of imidazole rings is 1. The van der Waals surface area contributed by atoms with Gasteiger partial charge in [-0.25, -0.2) is 14.7 Å². The molecule has 12 heteroatoms. The van der Waals surface area contributed by atoms with Gasteiger partial charge < -0.3 is 4.74 Å². The Hall–Kier alpha value is -1.69. The van der Waals surface area contributed by atoms with Crippen LogP contribution in [-0.4, -0.2) is 61.3 Å². The van der Waals surface area contributed by atoms with Crippen LogP contribution in [0.4, 0.5) is 0 Å². The standard InChI is InChI=1S/C15H19ClN6O3S2/c1-2-17-13(22-10-15(9-18-22)3-6-25-7-4-15)20-27(23,24)12-11(16)19-14-21(12)5-8-26-14/h5,8-9H,2-4,6-7,10H2,1H3,(H,17,20). The van der Waals surface area contributed by atoms with Crippen molar-refractivity contribution in [2.75, 3.05) is 26.3 Å². The molecule has 4 rings (SSSR count). The number of nitrogens with zero attached hydrogens (tertiary/aromatic N) is 5. The SMILES string of the molecule is CCN=C(NS(=O)(=O)c1c(Cl)nc2sccn12)N1CC2(C=N1)CCOCC2. The van der Waals surface area contributed by atoms with E-state index < -0.39 is 10.0 Å². The van der Waals surface area contributed by atoms with Gasteiger partial charge in [-0.15, -0.1) is 11.3 Å². The smallest absolute Gasteiger partial charge is 0.283 e. The number of guanidine groups is 1. The summed E-state index contributed by atoms with van der Waals surface area (Å²) in [5, 5.41) is 7.59. The van der Waals surface area contributed by atoms with Crippen molar-refractivity contribution in [2.24, 2.45) is 15.5 Å². The third-order valence-electron chi connectivity index (χ3n) is 4.64. The molecule has 0 saturated carbocycles. The van der Waals surface area contributed by atoms with E-state index in [9.17, 15) is 8.42 Å². The lowest BCUT2D eigenvalue weighted by Crippen LogP contribution is -2.44. The van der Waals surface area contributed by atoms with Crippen LogP contribution in [0.1, 0.15) is 19.8 Å². The van der Waals surface area contributed by atoms with Crippen molar-refractivity contribution in [2.45, 2.75) is 24.8 Å². The normalized spacial score (nSPS) is 20.1. The number of sulfonamides is 1. The lowest BCUT2D eigenvalue weighted by molar-refractivity contribution is 0.0453. The maximum Gasteiger partial charge on any atom is 0.283 e. The summed E-state index contributed by atoms with van der Waals surface area (Å²) >= 11 is 7.40. The summed E-state index contributed by atoms with van der Waals surface area (Å²) in [4.78, 5) is 8.91. The molecule has 1 N–H and O–H groups in total. The third kappa shape index (κ3) is 3.44. The first-order valence-electron chi connectivity index (χ1n) is 8.53. The zero-order chi connectivity index (χ0) is 19.1. The number of nitrogens with one attached hydrogen (secondary N) is 1. The lowest BCUT2D eigenvalue weighted by atomic mass is 9.82. The molecule has 146 valence electrons. The zero-order valence-corrected chi connectivity index (χ0v) is 17.0. The van der Waals surface area contributed by atoms with E-state index in [0.29, 0.717) is 31.3 Å². The first kappa shape index (κ1) is 18.7. The third-order valence-corrected chi connectivity index (χ3v) is 7.12. The van der Waals surface area contributed by atoms with Crippen LogP contribution in [0, 0.1) is 5.41 Å². The second kappa shape index (κ2) is 7.04. The second-order valence-electron chi connectivity index (χ2n) is 6.44. The highest BCUT2D eigenvalue weighted by Gasteiger charge is 2.39. The van der Waals surface area contributed by atoms with Gasteiger partial charge in [-0.05, 0) is 19.8 Å². The first-order valence-corrected chi connectivity index (χ1v) is 11.3. The summed E-state index contributed by atoms with van der Waals surface area (Å²) in [5.41, 5.74) is -0.104. The van der Waals surface area contributed by atoms with Crippen LogP contribution >= 0.6 is 22.9 Å². The maximum atomic E-state index is 13.0. The van der Waals surface area contributed by atoms with Crippen molar-refractivity contribution >= 4 is 50.1 Å². The molecule has 2 aliphatic rings. The largest absolute Gasteiger partial charge is 0.381 e. The Balaban J connectivity index is 1.61. The number of hydrazone groups is 1. The number of hydrogen-bond acceptors (Lipinski definition) is 7. The van der Waals surface area contributed by atoms with E-state index in [1.54, 1.807) is 16.6 Å². The molecule has 0 aliphatic carbocycles. The van der Waals surface area contributed by atoms with E-state index >= 15 is 0 Å². The molecule has 0 radical (unpaired) electrons. The fourth-order valence-electron chi connectivity index (χ4n) is 3.23. The number of halogens is 1. The van der Waals surface area contributed by atoms with Gasteiger partial charge in [0.15, 0.2) is 15.1 Å². The number of fused-ring (bicyclic) bond motifs is 1. The molecule has 0 amide bonds. The fourth-order valence-corrected chi connectivity index (χ4v) is 5.71. The van der Waals surface area contributed by atoms with Crippen molar-refractivity contribution < 1.29 is 13.2 Å². The van der Waals surface area contributed by atoms with E-state index in [4.69, 9.17) is 16.3 Å². The molecule has 2 aromatic rings. The zero-order valence-electron chi connectivity index (χ0n) is 14.6. The van der Waals surface area contributed by atoms with Crippen LogP contribution in [0.15, 0.2) is 26.7 Å². The van der Waals surface area contributed by atoms with Crippen LogP contribution in [0.3, 0.4) is 0 Å². The number of aliphatic imine (C=N–C) groups is 1. The number of hydrogen-bond donors (Lipinski definition) is 1. The number of aromatic nitrogens is 2. The van der Waals surface area contributed by atoms with E-state index in [1.807, 2.05) is 13.1 Å². The first-order chi connectivity index (χ1) is 12.9. The summed E-state index contributed by atoms with van der Waals surface area (Å²) in [7, 11) is -3.99. The Morgan fingerprint density at radius 1 is 1.48 bits per heavy atom. The van der Waals surface area contributed by atoms with Crippen molar-refractivity contribution in [3.63, 3.8) is 0 Å². The topological polar surface area (TPSA) is 101 Å². The minimum Gasteiger partial charge on any atom is -0.381 e. The molecule has 2 aliphatic heterocycles. The molecule has 2 aromatic heterocycles. The number of thiazole rings is 1. The van der Waals surface area contributed by atoms with Crippen LogP contribution in [0.25, 0.3) is 4.96 Å². The van der Waals surface area contributed by atoms with E-state index in [-0.39, 0.29) is 21.6 Å². The molecule has 27 heavy (non-hydrogen) atoms. The van der Waals surface area contributed by atoms with Gasteiger partial charge >= 0.3 is 0 Å². The van der Waals surface area contributed by atoms with Crippen molar-refractivity contribution in [1.29, 1.82) is 0 Å². The molecule has 0 atom stereocenters. The second-order valence-corrected chi connectivity index (χ2v) is 9.27. The van der Waals surface area contributed by atoms with Crippen molar-refractivity contribution in [1.82, 2.24) is 19.1 Å². The summed E-state index contributed by atoms with van der Waals surface area (Å²) in [6.07, 6.45) is 5.21. The average molecular weight is 431 g/mol. The highest BCUT2D eigenvalue weighted by molar-refractivity contribution is 7.90. The van der Waals surface area contributed by atoms with Crippen LogP contribution in [0.5, 0.6) is 0 Å². The minimum atomic E-state index is -3.99. The summed E-state index contributed by atoms with van der Waals surface area (Å²) < 4.78 is 35.4. The monoisotopic (exact) mass is 430 g/mol. The molecule has 1 fully saturated rings. The summed E-state index contributed by atoms with van der Waals surface area (Å²) in [6.45, 7) is 4.15. The average Bonchev–Trinajstić information content (AvgIpc) is 3.30. The van der Waals surface area contributed by atoms with E-state index in [1.165, 1.54) is 15.7 Å². The van der Waals surface area contributed by atoms with Gasteiger partial charge in [-0.1, -0.05) is 11.6 Å². The highest BCUT2D eigenvalue weighted by atomic mass is 35.5. The fraction of sp³-hybridized carbons (Fsp3) is 0.533. The molecule has 4 heterocycles. The van der Waals surface area contributed by atoms with Gasteiger partial charge in [0.2, 0.25) is 5.96 Å². The van der Waals surface area contributed by atoms with Crippen LogP contribution in [0.2, 0.25) is 5.15 Å². The van der Waals surface area contributed by atoms with Gasteiger partial charge in [0.1, 0.15) is 0 Å². The molecule has 1 saturated heterocycles. The Bertz CT molecular complexity index is 1010. The molecule has 9 nitrogen and oxygen atoms in total. The Labute approximate surface area is 165 Å². The minimum absolute atomic E-state index is 0.0731.